The standard InChI is InChI=1S/C15H17N3O2/c1-2-10-19-11-6-8-12(9-7-11)20-14-5-3-4-13(18-14)15(16)17/h3-9H,2,10H2,1H3,(H3,16,17). The van der Waals surface area contributed by atoms with Gasteiger partial charge in [0.05, 0.1) is 6.61 Å². The molecule has 2 aromatic rings. The lowest BCUT2D eigenvalue weighted by Gasteiger charge is -2.08. The molecule has 0 atom stereocenters. The Kier molecular flexibility index (Phi) is 4.55. The highest BCUT2D eigenvalue weighted by Crippen LogP contribution is 2.22. The maximum Gasteiger partial charge on any atom is 0.219 e. The third-order valence-corrected chi connectivity index (χ3v) is 2.52. The van der Waals surface area contributed by atoms with Crippen LogP contribution in [0.25, 0.3) is 0 Å². The monoisotopic (exact) mass is 271 g/mol. The molecule has 0 bridgehead atoms. The Morgan fingerprint density at radius 3 is 2.50 bits per heavy atom. The lowest BCUT2D eigenvalue weighted by atomic mass is 10.3. The lowest BCUT2D eigenvalue weighted by Crippen LogP contribution is -2.13. The summed E-state index contributed by atoms with van der Waals surface area (Å²) in [5.74, 6) is 1.78. The molecule has 0 saturated heterocycles. The zero-order valence-electron chi connectivity index (χ0n) is 11.3. The Morgan fingerprint density at radius 1 is 1.15 bits per heavy atom. The molecule has 0 fully saturated rings. The summed E-state index contributed by atoms with van der Waals surface area (Å²) in [6.07, 6.45) is 0.972. The van der Waals surface area contributed by atoms with E-state index in [1.165, 1.54) is 0 Å². The predicted octanol–water partition coefficient (Wildman–Crippen LogP) is 2.95. The molecule has 1 aromatic heterocycles. The van der Waals surface area contributed by atoms with Crippen molar-refractivity contribution in [1.82, 2.24) is 4.98 Å². The average molecular weight is 271 g/mol. The van der Waals surface area contributed by atoms with E-state index in [0.29, 0.717) is 23.9 Å². The van der Waals surface area contributed by atoms with E-state index in [9.17, 15) is 0 Å². The van der Waals surface area contributed by atoms with Gasteiger partial charge >= 0.3 is 0 Å². The Bertz CT molecular complexity index is 582. The molecule has 0 amide bonds. The van der Waals surface area contributed by atoms with Gasteiger partial charge in [-0.25, -0.2) is 4.98 Å². The van der Waals surface area contributed by atoms with Crippen molar-refractivity contribution in [2.45, 2.75) is 13.3 Å². The molecule has 0 saturated carbocycles. The zero-order chi connectivity index (χ0) is 14.4. The van der Waals surface area contributed by atoms with Gasteiger partial charge in [-0.05, 0) is 36.8 Å². The number of nitrogen functional groups attached to an aromatic ring is 1. The largest absolute Gasteiger partial charge is 0.494 e. The molecule has 0 radical (unpaired) electrons. The van der Waals surface area contributed by atoms with Crippen LogP contribution in [0.3, 0.4) is 0 Å². The van der Waals surface area contributed by atoms with E-state index < -0.39 is 0 Å². The summed E-state index contributed by atoms with van der Waals surface area (Å²) in [5, 5.41) is 7.35. The molecule has 1 heterocycles. The Balaban J connectivity index is 2.06. The van der Waals surface area contributed by atoms with E-state index in [4.69, 9.17) is 20.6 Å². The van der Waals surface area contributed by atoms with Crippen molar-refractivity contribution in [3.63, 3.8) is 0 Å². The smallest absolute Gasteiger partial charge is 0.219 e. The van der Waals surface area contributed by atoms with Gasteiger partial charge in [-0.2, -0.15) is 0 Å². The van der Waals surface area contributed by atoms with Crippen LogP contribution in [-0.2, 0) is 0 Å². The van der Waals surface area contributed by atoms with Gasteiger partial charge in [-0.1, -0.05) is 13.0 Å². The molecule has 0 aliphatic carbocycles. The van der Waals surface area contributed by atoms with Crippen molar-refractivity contribution in [3.05, 3.63) is 48.2 Å². The van der Waals surface area contributed by atoms with E-state index in [0.717, 1.165) is 12.2 Å². The van der Waals surface area contributed by atoms with E-state index in [1.807, 2.05) is 24.3 Å². The first-order valence-electron chi connectivity index (χ1n) is 6.41. The highest BCUT2D eigenvalue weighted by molar-refractivity contribution is 5.93. The molecular formula is C15H17N3O2. The second kappa shape index (κ2) is 6.56. The van der Waals surface area contributed by atoms with Crippen LogP contribution in [0.15, 0.2) is 42.5 Å². The molecule has 0 aliphatic heterocycles. The first-order chi connectivity index (χ1) is 9.69. The second-order valence-corrected chi connectivity index (χ2v) is 4.20. The van der Waals surface area contributed by atoms with Gasteiger partial charge in [-0.15, -0.1) is 0 Å². The van der Waals surface area contributed by atoms with E-state index in [1.54, 1.807) is 18.2 Å². The first-order valence-corrected chi connectivity index (χ1v) is 6.41. The van der Waals surface area contributed by atoms with Crippen molar-refractivity contribution < 1.29 is 9.47 Å². The number of benzene rings is 1. The fourth-order valence-corrected chi connectivity index (χ4v) is 1.57. The molecule has 20 heavy (non-hydrogen) atoms. The summed E-state index contributed by atoms with van der Waals surface area (Å²) in [6.45, 7) is 2.76. The topological polar surface area (TPSA) is 81.2 Å². The summed E-state index contributed by atoms with van der Waals surface area (Å²) < 4.78 is 11.1. The normalized spacial score (nSPS) is 10.1. The number of ether oxygens (including phenoxy) is 2. The Hall–Kier alpha value is -2.56. The van der Waals surface area contributed by atoms with Gasteiger partial charge in [-0.3, -0.25) is 5.41 Å². The van der Waals surface area contributed by atoms with Crippen LogP contribution in [0.1, 0.15) is 19.0 Å². The van der Waals surface area contributed by atoms with Gasteiger partial charge < -0.3 is 15.2 Å². The van der Waals surface area contributed by atoms with Crippen LogP contribution >= 0.6 is 0 Å². The third kappa shape index (κ3) is 3.71. The maximum atomic E-state index is 7.35. The van der Waals surface area contributed by atoms with Crippen LogP contribution in [0.4, 0.5) is 0 Å². The fraction of sp³-hybridized carbons (Fsp3) is 0.200. The van der Waals surface area contributed by atoms with Gasteiger partial charge in [0.15, 0.2) is 0 Å². The number of nitrogens with two attached hydrogens (primary N) is 1. The summed E-state index contributed by atoms with van der Waals surface area (Å²) in [7, 11) is 0. The summed E-state index contributed by atoms with van der Waals surface area (Å²) in [4.78, 5) is 4.14. The predicted molar refractivity (Wildman–Crippen MR) is 77.6 cm³/mol. The molecule has 5 heteroatoms. The number of hydrogen-bond acceptors (Lipinski definition) is 4. The number of aromatic nitrogens is 1. The van der Waals surface area contributed by atoms with Gasteiger partial charge in [0, 0.05) is 6.07 Å². The molecule has 104 valence electrons. The van der Waals surface area contributed by atoms with Gasteiger partial charge in [0.25, 0.3) is 0 Å². The third-order valence-electron chi connectivity index (χ3n) is 2.52. The zero-order valence-corrected chi connectivity index (χ0v) is 11.3. The van der Waals surface area contributed by atoms with Crippen LogP contribution in [0, 0.1) is 5.41 Å². The minimum Gasteiger partial charge on any atom is -0.494 e. The summed E-state index contributed by atoms with van der Waals surface area (Å²) >= 11 is 0. The highest BCUT2D eigenvalue weighted by atomic mass is 16.5. The van der Waals surface area contributed by atoms with Crippen molar-refractivity contribution in [1.29, 1.82) is 5.41 Å². The number of rotatable bonds is 6. The van der Waals surface area contributed by atoms with Crippen LogP contribution in [0.5, 0.6) is 17.4 Å². The van der Waals surface area contributed by atoms with Gasteiger partial charge in [0.1, 0.15) is 23.0 Å². The quantitative estimate of drug-likeness (QED) is 0.625. The molecule has 0 spiro atoms. The van der Waals surface area contributed by atoms with Crippen molar-refractivity contribution in [3.8, 4) is 17.4 Å². The minimum atomic E-state index is -0.0845. The van der Waals surface area contributed by atoms with Crippen molar-refractivity contribution >= 4 is 5.84 Å². The first kappa shape index (κ1) is 13.9. The summed E-state index contributed by atoms with van der Waals surface area (Å²) in [6, 6.07) is 12.4. The number of hydrogen-bond donors (Lipinski definition) is 2. The SMILES string of the molecule is CCCOc1ccc(Oc2cccc(C(=N)N)n2)cc1. The number of nitrogens with zero attached hydrogens (tertiary/aromatic N) is 1. The lowest BCUT2D eigenvalue weighted by molar-refractivity contribution is 0.317. The fourth-order valence-electron chi connectivity index (χ4n) is 1.57. The van der Waals surface area contributed by atoms with Crippen LogP contribution in [-0.4, -0.2) is 17.4 Å². The molecule has 0 aliphatic rings. The highest BCUT2D eigenvalue weighted by Gasteiger charge is 2.03. The van der Waals surface area contributed by atoms with Crippen LogP contribution in [0.2, 0.25) is 0 Å². The molecule has 5 nitrogen and oxygen atoms in total. The number of nitrogens with one attached hydrogen (secondary N) is 1. The summed E-state index contributed by atoms with van der Waals surface area (Å²) in [5.41, 5.74) is 5.78. The molecule has 2 rings (SSSR count). The molecule has 3 N–H and O–H groups in total. The Labute approximate surface area is 117 Å². The number of amidine groups is 1. The second-order valence-electron chi connectivity index (χ2n) is 4.20. The van der Waals surface area contributed by atoms with Crippen molar-refractivity contribution in [2.24, 2.45) is 5.73 Å². The molecule has 1 aromatic carbocycles. The maximum absolute atomic E-state index is 7.35. The minimum absolute atomic E-state index is 0.0845. The number of pyridine rings is 1. The molecule has 0 unspecified atom stereocenters. The molecular weight excluding hydrogens is 254 g/mol. The van der Waals surface area contributed by atoms with E-state index in [-0.39, 0.29) is 5.84 Å². The van der Waals surface area contributed by atoms with E-state index >= 15 is 0 Å². The Morgan fingerprint density at radius 2 is 1.85 bits per heavy atom. The van der Waals surface area contributed by atoms with Crippen molar-refractivity contribution in [2.75, 3.05) is 6.61 Å². The average Bonchev–Trinajstić information content (AvgIpc) is 2.47. The van der Waals surface area contributed by atoms with E-state index in [2.05, 4.69) is 11.9 Å². The van der Waals surface area contributed by atoms with Gasteiger partial charge in [0.2, 0.25) is 5.88 Å². The van der Waals surface area contributed by atoms with Crippen LogP contribution < -0.4 is 15.2 Å².